The second-order valence-corrected chi connectivity index (χ2v) is 5.94. The maximum atomic E-state index is 11.7. The Bertz CT molecular complexity index is 919. The van der Waals surface area contributed by atoms with Crippen molar-refractivity contribution in [2.24, 2.45) is 0 Å². The molecule has 26 heavy (non-hydrogen) atoms. The quantitative estimate of drug-likeness (QED) is 0.620. The number of carboxylic acids is 1. The molecule has 0 bridgehead atoms. The molecule has 0 atom stereocenters. The lowest BCUT2D eigenvalue weighted by atomic mass is 10.0. The molecule has 5 nitrogen and oxygen atoms in total. The van der Waals surface area contributed by atoms with Gasteiger partial charge < -0.3 is 14.6 Å². The van der Waals surface area contributed by atoms with Crippen LogP contribution in [0.15, 0.2) is 48.5 Å². The number of carbonyl (C=O) groups is 1. The molecule has 0 radical (unpaired) electrons. The first-order chi connectivity index (χ1) is 12.6. The van der Waals surface area contributed by atoms with Crippen LogP contribution in [0.25, 0.3) is 22.2 Å². The SMILES string of the molecule is CCCCOc1ccc(-c2cc(C(=O)O)c3cccc(OC)c3n2)cc1. The minimum atomic E-state index is -0.994. The molecule has 0 aliphatic carbocycles. The molecule has 0 aliphatic rings. The predicted octanol–water partition coefficient (Wildman–Crippen LogP) is 4.79. The molecule has 0 saturated carbocycles. The number of unbranched alkanes of at least 4 members (excludes halogenated alkanes) is 1. The summed E-state index contributed by atoms with van der Waals surface area (Å²) in [6.45, 7) is 2.80. The van der Waals surface area contributed by atoms with Gasteiger partial charge >= 0.3 is 5.97 Å². The van der Waals surface area contributed by atoms with Gasteiger partial charge in [0, 0.05) is 10.9 Å². The molecule has 0 amide bonds. The normalized spacial score (nSPS) is 10.7. The van der Waals surface area contributed by atoms with Crippen LogP contribution in [0, 0.1) is 0 Å². The van der Waals surface area contributed by atoms with Crippen LogP contribution in [-0.4, -0.2) is 29.8 Å². The van der Waals surface area contributed by atoms with Crippen LogP contribution < -0.4 is 9.47 Å². The van der Waals surface area contributed by atoms with Gasteiger partial charge in [0.2, 0.25) is 0 Å². The molecular formula is C21H21NO4. The number of carboxylic acid groups (broad SMARTS) is 1. The van der Waals surface area contributed by atoms with Crippen LogP contribution in [0.3, 0.4) is 0 Å². The maximum Gasteiger partial charge on any atom is 0.336 e. The molecule has 1 aromatic heterocycles. The molecule has 0 unspecified atom stereocenters. The Kier molecular flexibility index (Phi) is 5.37. The van der Waals surface area contributed by atoms with Crippen molar-refractivity contribution >= 4 is 16.9 Å². The number of fused-ring (bicyclic) bond motifs is 1. The van der Waals surface area contributed by atoms with E-state index in [-0.39, 0.29) is 5.56 Å². The average molecular weight is 351 g/mol. The van der Waals surface area contributed by atoms with Gasteiger partial charge in [-0.15, -0.1) is 0 Å². The Balaban J connectivity index is 2.03. The molecule has 0 aliphatic heterocycles. The number of aromatic nitrogens is 1. The number of benzene rings is 2. The molecule has 0 spiro atoms. The fourth-order valence-corrected chi connectivity index (χ4v) is 2.77. The molecule has 3 rings (SSSR count). The second-order valence-electron chi connectivity index (χ2n) is 5.94. The number of aromatic carboxylic acids is 1. The van der Waals surface area contributed by atoms with Gasteiger partial charge in [0.05, 0.1) is 25.0 Å². The Morgan fingerprint density at radius 1 is 1.15 bits per heavy atom. The second kappa shape index (κ2) is 7.87. The summed E-state index contributed by atoms with van der Waals surface area (Å²) in [5.74, 6) is 0.344. The third-order valence-electron chi connectivity index (χ3n) is 4.17. The van der Waals surface area contributed by atoms with Crippen molar-refractivity contribution in [2.75, 3.05) is 13.7 Å². The van der Waals surface area contributed by atoms with Gasteiger partial charge in [0.1, 0.15) is 17.0 Å². The summed E-state index contributed by atoms with van der Waals surface area (Å²) < 4.78 is 11.0. The van der Waals surface area contributed by atoms with Crippen LogP contribution in [0.2, 0.25) is 0 Å². The molecule has 0 saturated heterocycles. The summed E-state index contributed by atoms with van der Waals surface area (Å²) in [5.41, 5.74) is 2.14. The lowest BCUT2D eigenvalue weighted by Crippen LogP contribution is -2.01. The minimum Gasteiger partial charge on any atom is -0.494 e. The largest absolute Gasteiger partial charge is 0.494 e. The summed E-state index contributed by atoms with van der Waals surface area (Å²) in [7, 11) is 1.55. The number of para-hydroxylation sites is 1. The minimum absolute atomic E-state index is 0.201. The Morgan fingerprint density at radius 2 is 1.92 bits per heavy atom. The first kappa shape index (κ1) is 17.7. The van der Waals surface area contributed by atoms with Gasteiger partial charge in [0.25, 0.3) is 0 Å². The highest BCUT2D eigenvalue weighted by molar-refractivity contribution is 6.05. The first-order valence-corrected chi connectivity index (χ1v) is 8.58. The van der Waals surface area contributed by atoms with Crippen molar-refractivity contribution in [1.82, 2.24) is 4.98 Å². The van der Waals surface area contributed by atoms with Crippen LogP contribution in [0.1, 0.15) is 30.1 Å². The van der Waals surface area contributed by atoms with E-state index in [1.54, 1.807) is 31.4 Å². The van der Waals surface area contributed by atoms with E-state index >= 15 is 0 Å². The van der Waals surface area contributed by atoms with Crippen molar-refractivity contribution < 1.29 is 19.4 Å². The fourth-order valence-electron chi connectivity index (χ4n) is 2.77. The number of methoxy groups -OCH3 is 1. The number of pyridine rings is 1. The third-order valence-corrected chi connectivity index (χ3v) is 4.17. The highest BCUT2D eigenvalue weighted by atomic mass is 16.5. The van der Waals surface area contributed by atoms with E-state index in [9.17, 15) is 9.90 Å². The molecule has 2 aromatic carbocycles. The summed E-state index contributed by atoms with van der Waals surface area (Å²) in [6.07, 6.45) is 2.09. The van der Waals surface area contributed by atoms with Crippen molar-refractivity contribution in [3.8, 4) is 22.8 Å². The molecular weight excluding hydrogens is 330 g/mol. The van der Waals surface area contributed by atoms with E-state index in [4.69, 9.17) is 9.47 Å². The monoisotopic (exact) mass is 351 g/mol. The van der Waals surface area contributed by atoms with Gasteiger partial charge in [-0.2, -0.15) is 0 Å². The standard InChI is InChI=1S/C21H21NO4/c1-3-4-12-26-15-10-8-14(9-11-15)18-13-17(21(23)24)16-6-5-7-19(25-2)20(16)22-18/h5-11,13H,3-4,12H2,1-2H3,(H,23,24). The van der Waals surface area contributed by atoms with E-state index in [1.807, 2.05) is 24.3 Å². The number of nitrogens with zero attached hydrogens (tertiary/aromatic N) is 1. The van der Waals surface area contributed by atoms with Gasteiger partial charge in [-0.25, -0.2) is 9.78 Å². The predicted molar refractivity (Wildman–Crippen MR) is 101 cm³/mol. The molecule has 0 fully saturated rings. The van der Waals surface area contributed by atoms with E-state index in [2.05, 4.69) is 11.9 Å². The lowest BCUT2D eigenvalue weighted by Gasteiger charge is -2.11. The molecule has 3 aromatic rings. The van der Waals surface area contributed by atoms with E-state index in [0.29, 0.717) is 29.0 Å². The van der Waals surface area contributed by atoms with E-state index < -0.39 is 5.97 Å². The van der Waals surface area contributed by atoms with E-state index in [1.165, 1.54) is 0 Å². The third kappa shape index (κ3) is 3.61. The Hall–Kier alpha value is -3.08. The highest BCUT2D eigenvalue weighted by Crippen LogP contribution is 2.31. The van der Waals surface area contributed by atoms with Gasteiger partial charge in [-0.3, -0.25) is 0 Å². The zero-order valence-corrected chi connectivity index (χ0v) is 14.9. The van der Waals surface area contributed by atoms with Gasteiger partial charge in [-0.05, 0) is 42.8 Å². The summed E-state index contributed by atoms with van der Waals surface area (Å²) >= 11 is 0. The zero-order valence-electron chi connectivity index (χ0n) is 14.9. The number of hydrogen-bond donors (Lipinski definition) is 1. The number of ether oxygens (including phenoxy) is 2. The van der Waals surface area contributed by atoms with Crippen LogP contribution in [0.5, 0.6) is 11.5 Å². The molecule has 5 heteroatoms. The van der Waals surface area contributed by atoms with Gasteiger partial charge in [0.15, 0.2) is 0 Å². The number of hydrogen-bond acceptors (Lipinski definition) is 4. The smallest absolute Gasteiger partial charge is 0.336 e. The Labute approximate surface area is 152 Å². The topological polar surface area (TPSA) is 68.7 Å². The van der Waals surface area contributed by atoms with Crippen molar-refractivity contribution in [3.63, 3.8) is 0 Å². The Morgan fingerprint density at radius 3 is 2.58 bits per heavy atom. The molecule has 1 heterocycles. The average Bonchev–Trinajstić information content (AvgIpc) is 2.67. The van der Waals surface area contributed by atoms with Crippen molar-refractivity contribution in [2.45, 2.75) is 19.8 Å². The highest BCUT2D eigenvalue weighted by Gasteiger charge is 2.15. The molecule has 134 valence electrons. The van der Waals surface area contributed by atoms with Crippen LogP contribution in [-0.2, 0) is 0 Å². The first-order valence-electron chi connectivity index (χ1n) is 8.58. The van der Waals surface area contributed by atoms with Crippen LogP contribution in [0.4, 0.5) is 0 Å². The summed E-state index contributed by atoms with van der Waals surface area (Å²) in [6, 6.07) is 14.4. The number of rotatable bonds is 7. The summed E-state index contributed by atoms with van der Waals surface area (Å²) in [5, 5.41) is 10.1. The van der Waals surface area contributed by atoms with Crippen molar-refractivity contribution in [3.05, 3.63) is 54.1 Å². The van der Waals surface area contributed by atoms with Gasteiger partial charge in [-0.1, -0.05) is 25.5 Å². The fraction of sp³-hybridized carbons (Fsp3) is 0.238. The molecule has 1 N–H and O–H groups in total. The van der Waals surface area contributed by atoms with Crippen molar-refractivity contribution in [1.29, 1.82) is 0 Å². The van der Waals surface area contributed by atoms with Crippen LogP contribution >= 0.6 is 0 Å². The zero-order chi connectivity index (χ0) is 18.5. The lowest BCUT2D eigenvalue weighted by molar-refractivity contribution is 0.0699. The maximum absolute atomic E-state index is 11.7. The summed E-state index contributed by atoms with van der Waals surface area (Å²) in [4.78, 5) is 16.3. The van der Waals surface area contributed by atoms with E-state index in [0.717, 1.165) is 24.2 Å².